The molecule has 2 aromatic rings. The van der Waals surface area contributed by atoms with Gasteiger partial charge < -0.3 is 14.6 Å². The van der Waals surface area contributed by atoms with Crippen molar-refractivity contribution in [3.8, 4) is 5.75 Å². The minimum absolute atomic E-state index is 0. The first-order valence-electron chi connectivity index (χ1n) is 7.87. The van der Waals surface area contributed by atoms with Crippen molar-refractivity contribution in [1.29, 1.82) is 0 Å². The summed E-state index contributed by atoms with van der Waals surface area (Å²) < 4.78 is 10.6. The number of aromatic nitrogens is 2. The molecule has 0 aliphatic heterocycles. The van der Waals surface area contributed by atoms with Crippen molar-refractivity contribution in [1.82, 2.24) is 15.5 Å². The minimum atomic E-state index is 0. The number of carbonyl (C=O) groups is 1. The van der Waals surface area contributed by atoms with Crippen LogP contribution in [-0.2, 0) is 12.8 Å². The third-order valence-electron chi connectivity index (χ3n) is 3.54. The summed E-state index contributed by atoms with van der Waals surface area (Å²) in [6.07, 6.45) is 1.50. The number of Topliss-reactive ketones (excluding diaryl/α,β-unsaturated/α-hetero) is 1. The zero-order chi connectivity index (χ0) is 16.7. The van der Waals surface area contributed by atoms with Gasteiger partial charge in [-0.3, -0.25) is 4.79 Å². The van der Waals surface area contributed by atoms with Crippen LogP contribution in [0.2, 0.25) is 0 Å². The van der Waals surface area contributed by atoms with Gasteiger partial charge in [-0.25, -0.2) is 0 Å². The predicted octanol–water partition coefficient (Wildman–Crippen LogP) is 2.86. The van der Waals surface area contributed by atoms with E-state index in [1.165, 1.54) is 0 Å². The van der Waals surface area contributed by atoms with Crippen molar-refractivity contribution >= 4 is 18.2 Å². The lowest BCUT2D eigenvalue weighted by molar-refractivity contribution is 0.0979. The molecule has 0 aliphatic carbocycles. The number of ether oxygens (including phenoxy) is 1. The van der Waals surface area contributed by atoms with E-state index in [-0.39, 0.29) is 24.2 Å². The third kappa shape index (κ3) is 5.94. The second kappa shape index (κ2) is 10.1. The highest BCUT2D eigenvalue weighted by Crippen LogP contribution is 2.14. The predicted molar refractivity (Wildman–Crippen MR) is 94.0 cm³/mol. The van der Waals surface area contributed by atoms with Crippen molar-refractivity contribution in [2.75, 3.05) is 13.7 Å². The molecule has 1 heterocycles. The highest BCUT2D eigenvalue weighted by Gasteiger charge is 2.12. The molecule has 0 bridgehead atoms. The number of benzene rings is 1. The van der Waals surface area contributed by atoms with Gasteiger partial charge in [-0.15, -0.1) is 12.4 Å². The van der Waals surface area contributed by atoms with E-state index in [0.717, 1.165) is 5.75 Å². The number of likely N-dealkylation sites (N-methyl/N-ethyl adjacent to an activating group) is 1. The lowest BCUT2D eigenvalue weighted by Gasteiger charge is -2.04. The summed E-state index contributed by atoms with van der Waals surface area (Å²) >= 11 is 0. The van der Waals surface area contributed by atoms with E-state index in [1.54, 1.807) is 24.3 Å². The van der Waals surface area contributed by atoms with Crippen LogP contribution in [0.15, 0.2) is 28.8 Å². The molecular formula is C17H24ClN3O3. The Hall–Kier alpha value is -1.92. The van der Waals surface area contributed by atoms with Crippen LogP contribution in [0, 0.1) is 0 Å². The molecule has 0 radical (unpaired) electrons. The molecule has 0 saturated heterocycles. The van der Waals surface area contributed by atoms with Gasteiger partial charge >= 0.3 is 0 Å². The summed E-state index contributed by atoms with van der Waals surface area (Å²) in [4.78, 5) is 16.5. The van der Waals surface area contributed by atoms with Gasteiger partial charge in [0, 0.05) is 30.9 Å². The van der Waals surface area contributed by atoms with E-state index in [9.17, 15) is 4.79 Å². The lowest BCUT2D eigenvalue weighted by Crippen LogP contribution is -2.24. The van der Waals surface area contributed by atoms with E-state index in [1.807, 2.05) is 20.9 Å². The van der Waals surface area contributed by atoms with Crippen LogP contribution < -0.4 is 10.1 Å². The van der Waals surface area contributed by atoms with Gasteiger partial charge in [0.05, 0.1) is 6.61 Å². The second-order valence-electron chi connectivity index (χ2n) is 5.38. The van der Waals surface area contributed by atoms with Gasteiger partial charge in [0.2, 0.25) is 5.89 Å². The summed E-state index contributed by atoms with van der Waals surface area (Å²) in [5, 5.41) is 7.05. The van der Waals surface area contributed by atoms with E-state index in [2.05, 4.69) is 15.5 Å². The quantitative estimate of drug-likeness (QED) is 0.698. The summed E-state index contributed by atoms with van der Waals surface area (Å²) in [5.41, 5.74) is 0.664. The highest BCUT2D eigenvalue weighted by atomic mass is 35.5. The fourth-order valence-corrected chi connectivity index (χ4v) is 2.12. The Balaban J connectivity index is 0.00000288. The maximum atomic E-state index is 12.2. The first-order chi connectivity index (χ1) is 11.1. The van der Waals surface area contributed by atoms with Crippen LogP contribution in [-0.4, -0.2) is 35.6 Å². The normalized spacial score (nSPS) is 11.6. The number of nitrogens with zero attached hydrogens (tertiary/aromatic N) is 2. The Morgan fingerprint density at radius 3 is 2.67 bits per heavy atom. The molecule has 0 amide bonds. The largest absolute Gasteiger partial charge is 0.494 e. The van der Waals surface area contributed by atoms with Crippen LogP contribution in [0.4, 0.5) is 0 Å². The lowest BCUT2D eigenvalue weighted by atomic mass is 10.1. The fourth-order valence-electron chi connectivity index (χ4n) is 2.12. The van der Waals surface area contributed by atoms with Crippen molar-refractivity contribution in [2.45, 2.75) is 39.2 Å². The summed E-state index contributed by atoms with van der Waals surface area (Å²) in [6.45, 7) is 4.58. The van der Waals surface area contributed by atoms with E-state index >= 15 is 0 Å². The van der Waals surface area contributed by atoms with Gasteiger partial charge in [0.25, 0.3) is 0 Å². The van der Waals surface area contributed by atoms with E-state index < -0.39 is 0 Å². The zero-order valence-corrected chi connectivity index (χ0v) is 15.1. The van der Waals surface area contributed by atoms with Crippen molar-refractivity contribution in [3.05, 3.63) is 41.5 Å². The van der Waals surface area contributed by atoms with Crippen LogP contribution in [0.3, 0.4) is 0 Å². The molecule has 2 rings (SSSR count). The Morgan fingerprint density at radius 2 is 2.04 bits per heavy atom. The summed E-state index contributed by atoms with van der Waals surface area (Å²) in [6, 6.07) is 7.45. The molecular weight excluding hydrogens is 330 g/mol. The Morgan fingerprint density at radius 1 is 1.33 bits per heavy atom. The number of ketones is 1. The number of carbonyl (C=O) groups excluding carboxylic acids is 1. The number of nitrogens with one attached hydrogen (secondary N) is 1. The Kier molecular flexibility index (Phi) is 8.43. The first-order valence-corrected chi connectivity index (χ1v) is 7.87. The molecule has 0 spiro atoms. The molecule has 0 saturated carbocycles. The van der Waals surface area contributed by atoms with Crippen LogP contribution in [0.5, 0.6) is 5.75 Å². The number of aryl methyl sites for hydroxylation is 1. The molecule has 1 unspecified atom stereocenters. The van der Waals surface area contributed by atoms with Gasteiger partial charge in [-0.05, 0) is 45.2 Å². The molecule has 132 valence electrons. The Labute approximate surface area is 148 Å². The molecule has 1 aromatic heterocycles. The minimum Gasteiger partial charge on any atom is -0.494 e. The monoisotopic (exact) mass is 353 g/mol. The molecule has 24 heavy (non-hydrogen) atoms. The fraction of sp³-hybridized carbons (Fsp3) is 0.471. The highest BCUT2D eigenvalue weighted by molar-refractivity contribution is 5.96. The Bertz CT molecular complexity index is 628. The molecule has 0 fully saturated rings. The first kappa shape index (κ1) is 20.1. The van der Waals surface area contributed by atoms with Gasteiger partial charge in [-0.1, -0.05) is 5.16 Å². The number of hydrogen-bond donors (Lipinski definition) is 1. The topological polar surface area (TPSA) is 77.2 Å². The average molecular weight is 354 g/mol. The zero-order valence-electron chi connectivity index (χ0n) is 14.2. The van der Waals surface area contributed by atoms with Crippen LogP contribution >= 0.6 is 12.4 Å². The van der Waals surface area contributed by atoms with Gasteiger partial charge in [-0.2, -0.15) is 4.98 Å². The molecule has 1 N–H and O–H groups in total. The molecule has 1 aromatic carbocycles. The summed E-state index contributed by atoms with van der Waals surface area (Å²) in [5.74, 6) is 1.98. The van der Waals surface area contributed by atoms with Crippen molar-refractivity contribution in [2.24, 2.45) is 0 Å². The second-order valence-corrected chi connectivity index (χ2v) is 5.38. The smallest absolute Gasteiger partial charge is 0.227 e. The number of hydrogen-bond acceptors (Lipinski definition) is 6. The van der Waals surface area contributed by atoms with E-state index in [0.29, 0.717) is 43.1 Å². The van der Waals surface area contributed by atoms with Gasteiger partial charge in [0.15, 0.2) is 11.6 Å². The molecule has 6 nitrogen and oxygen atoms in total. The SMILES string of the molecule is CCOc1ccc(C(=O)CCc2nc(CC(C)NC)no2)cc1.Cl. The maximum Gasteiger partial charge on any atom is 0.227 e. The molecule has 1 atom stereocenters. The van der Waals surface area contributed by atoms with Crippen molar-refractivity contribution in [3.63, 3.8) is 0 Å². The number of rotatable bonds is 9. The van der Waals surface area contributed by atoms with Gasteiger partial charge in [0.1, 0.15) is 5.75 Å². The summed E-state index contributed by atoms with van der Waals surface area (Å²) in [7, 11) is 1.89. The third-order valence-corrected chi connectivity index (χ3v) is 3.54. The van der Waals surface area contributed by atoms with Crippen molar-refractivity contribution < 1.29 is 14.1 Å². The van der Waals surface area contributed by atoms with Crippen LogP contribution in [0.25, 0.3) is 0 Å². The molecule has 7 heteroatoms. The number of halogens is 1. The standard InChI is InChI=1S/C17H23N3O3.ClH/c1-4-22-14-7-5-13(6-8-14)15(21)9-10-17-19-16(20-23-17)11-12(2)18-3;/h5-8,12,18H,4,9-11H2,1-3H3;1H. The van der Waals surface area contributed by atoms with Crippen LogP contribution in [0.1, 0.15) is 42.3 Å². The molecule has 0 aliphatic rings. The average Bonchev–Trinajstić information content (AvgIpc) is 3.01. The maximum absolute atomic E-state index is 12.2. The van der Waals surface area contributed by atoms with E-state index in [4.69, 9.17) is 9.26 Å².